The topological polar surface area (TPSA) is 108 Å². The number of amides is 1. The predicted molar refractivity (Wildman–Crippen MR) is 202 cm³/mol. The van der Waals surface area contributed by atoms with Gasteiger partial charge in [0.1, 0.15) is 0 Å². The molecule has 2 aliphatic carbocycles. The minimum atomic E-state index is -3.29. The first kappa shape index (κ1) is 34.3. The Kier molecular flexibility index (Phi) is 10.6. The fourth-order valence-electron chi connectivity index (χ4n) is 7.06. The third-order valence-electron chi connectivity index (χ3n) is 9.71. The molecule has 3 aromatic carbocycles. The lowest BCUT2D eigenvalue weighted by Crippen LogP contribution is -2.29. The van der Waals surface area contributed by atoms with Crippen molar-refractivity contribution in [3.05, 3.63) is 129 Å². The standard InChI is InChI=1S/C34H33NO2S.C7H9NO3S/c1-2-6-28-24(5-1)12-16-31-29-15-14-27(21-26(29)13-17-30(28)31)33-19-18-32(38-33)25-10-8-23(9-11-25)22-35-37-34-7-3-4-20-36-34;8-7(9)5-6-3-1-2-4-12(6,10)11/h1-2,5-6,8-11,13,17-19,21,34-35H,3-4,7,12,14-16,20,22H2;1-4,6H,5H2,(H2,8,9). The molecule has 0 saturated carbocycles. The van der Waals surface area contributed by atoms with Crippen LogP contribution in [0.5, 0.6) is 0 Å². The summed E-state index contributed by atoms with van der Waals surface area (Å²) in [5.41, 5.74) is 20.8. The molecule has 0 bridgehead atoms. The summed E-state index contributed by atoms with van der Waals surface area (Å²) in [5, 5.41) is 0.306. The van der Waals surface area contributed by atoms with E-state index in [2.05, 4.69) is 84.4 Å². The number of sulfone groups is 1. The van der Waals surface area contributed by atoms with Crippen LogP contribution in [0.25, 0.3) is 33.2 Å². The quantitative estimate of drug-likeness (QED) is 0.180. The molecule has 1 aromatic heterocycles. The highest BCUT2D eigenvalue weighted by molar-refractivity contribution is 7.95. The van der Waals surface area contributed by atoms with Crippen LogP contribution in [0, 0.1) is 0 Å². The van der Waals surface area contributed by atoms with Crippen molar-refractivity contribution in [1.82, 2.24) is 5.48 Å². The monoisotopic (exact) mass is 706 g/mol. The highest BCUT2D eigenvalue weighted by atomic mass is 32.2. The number of rotatable bonds is 8. The molecule has 4 aliphatic rings. The number of ether oxygens (including phenoxy) is 1. The van der Waals surface area contributed by atoms with Gasteiger partial charge in [-0.25, -0.2) is 8.42 Å². The molecule has 9 heteroatoms. The van der Waals surface area contributed by atoms with Gasteiger partial charge in [-0.15, -0.1) is 11.3 Å². The van der Waals surface area contributed by atoms with E-state index in [9.17, 15) is 13.2 Å². The molecule has 1 fully saturated rings. The normalized spacial score (nSPS) is 20.0. The lowest BCUT2D eigenvalue weighted by molar-refractivity contribution is -0.198. The van der Waals surface area contributed by atoms with Gasteiger partial charge in [-0.2, -0.15) is 5.48 Å². The molecule has 4 aromatic rings. The van der Waals surface area contributed by atoms with Gasteiger partial charge in [-0.05, 0) is 101 Å². The number of carbonyl (C=O) groups is 1. The van der Waals surface area contributed by atoms with E-state index >= 15 is 0 Å². The second-order valence-corrected chi connectivity index (χ2v) is 16.2. The number of primary amides is 1. The van der Waals surface area contributed by atoms with Gasteiger partial charge in [0, 0.05) is 41.2 Å². The first-order valence-electron chi connectivity index (χ1n) is 17.3. The van der Waals surface area contributed by atoms with Crippen LogP contribution in [0.2, 0.25) is 0 Å². The summed E-state index contributed by atoms with van der Waals surface area (Å²) < 4.78 is 28.0. The summed E-state index contributed by atoms with van der Waals surface area (Å²) in [6, 6.07) is 27.0. The van der Waals surface area contributed by atoms with Crippen LogP contribution < -0.4 is 11.2 Å². The van der Waals surface area contributed by atoms with Gasteiger partial charge in [0.15, 0.2) is 16.1 Å². The van der Waals surface area contributed by atoms with Crippen molar-refractivity contribution in [2.24, 2.45) is 5.73 Å². The van der Waals surface area contributed by atoms with Crippen molar-refractivity contribution in [3.63, 3.8) is 0 Å². The second-order valence-electron chi connectivity index (χ2n) is 13.1. The molecule has 50 heavy (non-hydrogen) atoms. The molecule has 1 saturated heterocycles. The average Bonchev–Trinajstić information content (AvgIpc) is 3.63. The van der Waals surface area contributed by atoms with Crippen molar-refractivity contribution in [2.75, 3.05) is 6.61 Å². The second kappa shape index (κ2) is 15.4. The number of carbonyl (C=O) groups excluding carboxylic acids is 1. The van der Waals surface area contributed by atoms with E-state index in [0.717, 1.165) is 50.5 Å². The fourth-order valence-corrected chi connectivity index (χ4v) is 9.34. The van der Waals surface area contributed by atoms with Crippen molar-refractivity contribution in [1.29, 1.82) is 0 Å². The van der Waals surface area contributed by atoms with Crippen LogP contribution in [-0.4, -0.2) is 32.5 Å². The van der Waals surface area contributed by atoms with Crippen molar-refractivity contribution < 1.29 is 22.8 Å². The van der Waals surface area contributed by atoms with Gasteiger partial charge in [0.25, 0.3) is 0 Å². The highest BCUT2D eigenvalue weighted by Crippen LogP contribution is 2.42. The molecule has 0 spiro atoms. The van der Waals surface area contributed by atoms with Crippen LogP contribution in [0.1, 0.15) is 64.8 Å². The number of fused-ring (bicyclic) bond motifs is 5. The Morgan fingerprint density at radius 3 is 2.50 bits per heavy atom. The van der Waals surface area contributed by atoms with Crippen molar-refractivity contribution in [2.45, 2.75) is 69.5 Å². The molecule has 2 atom stereocenters. The summed E-state index contributed by atoms with van der Waals surface area (Å²) in [5.74, 6) is -0.608. The number of nitrogens with one attached hydrogen (secondary N) is 1. The number of benzene rings is 3. The SMILES string of the molecule is C1=C(c2ccc(-c3ccc(CNOC4CCCCO4)cc3)s2)CCc2c1ccc1c2CCc2ccccc2-1.NC(=O)CC1C=CC=CS1(=O)=O. The lowest BCUT2D eigenvalue weighted by Gasteiger charge is -2.26. The molecular weight excluding hydrogens is 665 g/mol. The lowest BCUT2D eigenvalue weighted by atomic mass is 9.78. The van der Waals surface area contributed by atoms with Crippen LogP contribution in [0.4, 0.5) is 0 Å². The summed E-state index contributed by atoms with van der Waals surface area (Å²) in [7, 11) is -3.29. The molecule has 7 nitrogen and oxygen atoms in total. The number of hydroxylamine groups is 1. The zero-order valence-electron chi connectivity index (χ0n) is 28.0. The predicted octanol–water partition coefficient (Wildman–Crippen LogP) is 7.94. The van der Waals surface area contributed by atoms with Crippen LogP contribution >= 0.6 is 11.3 Å². The molecule has 0 radical (unpaired) electrons. The number of hydrogen-bond acceptors (Lipinski definition) is 7. The average molecular weight is 707 g/mol. The Hall–Kier alpha value is -4.12. The van der Waals surface area contributed by atoms with Gasteiger partial charge in [-0.1, -0.05) is 85.0 Å². The fraction of sp³-hybridized carbons (Fsp3) is 0.293. The zero-order chi connectivity index (χ0) is 34.5. The smallest absolute Gasteiger partial charge is 0.219 e. The Balaban J connectivity index is 0.000000279. The molecule has 1 amide bonds. The van der Waals surface area contributed by atoms with Crippen LogP contribution in [0.15, 0.2) is 96.4 Å². The maximum absolute atomic E-state index is 11.2. The summed E-state index contributed by atoms with van der Waals surface area (Å²) in [4.78, 5) is 18.8. The third kappa shape index (κ3) is 7.93. The van der Waals surface area contributed by atoms with Crippen molar-refractivity contribution >= 4 is 38.7 Å². The number of nitrogens with two attached hydrogens (primary N) is 1. The zero-order valence-corrected chi connectivity index (χ0v) is 29.6. The largest absolute Gasteiger partial charge is 0.370 e. The van der Waals surface area contributed by atoms with E-state index in [4.69, 9.17) is 15.3 Å². The Bertz CT molecular complexity index is 2050. The van der Waals surface area contributed by atoms with E-state index < -0.39 is 21.0 Å². The first-order valence-corrected chi connectivity index (χ1v) is 19.8. The van der Waals surface area contributed by atoms with E-state index in [1.54, 1.807) is 17.2 Å². The molecule has 8 rings (SSSR count). The minimum absolute atomic E-state index is 0.115. The molecule has 2 aliphatic heterocycles. The summed E-state index contributed by atoms with van der Waals surface area (Å²) in [6.07, 6.45) is 14.5. The molecular formula is C41H42N2O5S2. The molecule has 3 heterocycles. The van der Waals surface area contributed by atoms with Crippen LogP contribution in [-0.2, 0) is 50.0 Å². The van der Waals surface area contributed by atoms with E-state index in [-0.39, 0.29) is 12.7 Å². The van der Waals surface area contributed by atoms with Gasteiger partial charge >= 0.3 is 0 Å². The molecule has 2 unspecified atom stereocenters. The molecule has 258 valence electrons. The van der Waals surface area contributed by atoms with Gasteiger partial charge in [-0.3, -0.25) is 9.63 Å². The Morgan fingerprint density at radius 1 is 0.880 bits per heavy atom. The Morgan fingerprint density at radius 2 is 1.70 bits per heavy atom. The first-order chi connectivity index (χ1) is 24.3. The minimum Gasteiger partial charge on any atom is -0.370 e. The Labute approximate surface area is 298 Å². The summed E-state index contributed by atoms with van der Waals surface area (Å²) >= 11 is 1.90. The maximum Gasteiger partial charge on any atom is 0.219 e. The third-order valence-corrected chi connectivity index (χ3v) is 12.6. The number of allylic oxidation sites excluding steroid dienone is 3. The van der Waals surface area contributed by atoms with Crippen LogP contribution in [0.3, 0.4) is 0 Å². The van der Waals surface area contributed by atoms with E-state index in [1.165, 1.54) is 67.3 Å². The van der Waals surface area contributed by atoms with Gasteiger partial charge < -0.3 is 10.5 Å². The van der Waals surface area contributed by atoms with Gasteiger partial charge in [0.2, 0.25) is 5.91 Å². The number of hydrogen-bond donors (Lipinski definition) is 2. The van der Waals surface area contributed by atoms with Gasteiger partial charge in [0.05, 0.1) is 5.25 Å². The molecule has 3 N–H and O–H groups in total. The maximum atomic E-state index is 11.2. The summed E-state index contributed by atoms with van der Waals surface area (Å²) in [6.45, 7) is 1.47. The number of thiophene rings is 1. The highest BCUT2D eigenvalue weighted by Gasteiger charge is 2.24. The van der Waals surface area contributed by atoms with E-state index in [0.29, 0.717) is 6.54 Å². The van der Waals surface area contributed by atoms with Crippen molar-refractivity contribution in [3.8, 4) is 21.6 Å². The van der Waals surface area contributed by atoms with E-state index in [1.807, 2.05) is 11.3 Å². The number of aryl methyl sites for hydroxylation is 1.